The van der Waals surface area contributed by atoms with Crippen LogP contribution in [0, 0.1) is 6.92 Å². The quantitative estimate of drug-likeness (QED) is 0.541. The molecule has 0 aliphatic carbocycles. The van der Waals surface area contributed by atoms with Gasteiger partial charge in [0.1, 0.15) is 5.04 Å². The van der Waals surface area contributed by atoms with Crippen LogP contribution in [0.3, 0.4) is 0 Å². The zero-order valence-corrected chi connectivity index (χ0v) is 16.0. The molecule has 0 aliphatic heterocycles. The molecule has 0 aliphatic rings. The molecule has 0 saturated carbocycles. The molecule has 0 aromatic heterocycles. The van der Waals surface area contributed by atoms with Gasteiger partial charge in [-0.15, -0.1) is 11.8 Å². The summed E-state index contributed by atoms with van der Waals surface area (Å²) in [4.78, 5) is 0.193. The topological polar surface area (TPSA) is 46.5 Å². The zero-order chi connectivity index (χ0) is 17.7. The van der Waals surface area contributed by atoms with Gasteiger partial charge in [0.2, 0.25) is 0 Å². The molecule has 2 rings (SSSR count). The fourth-order valence-electron chi connectivity index (χ4n) is 2.01. The lowest BCUT2D eigenvalue weighted by Crippen LogP contribution is -2.03. The Bertz CT molecular complexity index is 868. The summed E-state index contributed by atoms with van der Waals surface area (Å²) in [6.45, 7) is 3.75. The minimum absolute atomic E-state index is 0.193. The first kappa shape index (κ1) is 18.8. The van der Waals surface area contributed by atoms with Crippen molar-refractivity contribution in [1.29, 1.82) is 0 Å². The van der Waals surface area contributed by atoms with Crippen molar-refractivity contribution in [2.75, 3.05) is 6.26 Å². The highest BCUT2D eigenvalue weighted by Gasteiger charge is 2.14. The van der Waals surface area contributed by atoms with Crippen LogP contribution in [0.15, 0.2) is 63.4 Å². The van der Waals surface area contributed by atoms with Gasteiger partial charge in [0.05, 0.1) is 4.90 Å². The summed E-state index contributed by atoms with van der Waals surface area (Å²) in [5.74, 6) is 0. The van der Waals surface area contributed by atoms with Gasteiger partial charge in [-0.05, 0) is 61.6 Å². The van der Waals surface area contributed by atoms with E-state index in [0.717, 1.165) is 16.7 Å². The van der Waals surface area contributed by atoms with Crippen LogP contribution >= 0.6 is 23.4 Å². The largest absolute Gasteiger partial charge is 0.283 e. The van der Waals surface area contributed by atoms with Crippen LogP contribution in [0.5, 0.6) is 0 Å². The average Bonchev–Trinajstić information content (AvgIpc) is 2.55. The lowest BCUT2D eigenvalue weighted by molar-refractivity contribution is 0.598. The molecule has 0 radical (unpaired) electrons. The molecule has 0 spiro atoms. The second-order valence-corrected chi connectivity index (χ2v) is 8.10. The fourth-order valence-corrected chi connectivity index (χ4v) is 4.06. The second kappa shape index (κ2) is 8.01. The predicted octanol–water partition coefficient (Wildman–Crippen LogP) is 5.20. The highest BCUT2D eigenvalue weighted by Crippen LogP contribution is 2.20. The van der Waals surface area contributed by atoms with Crippen LogP contribution in [0.2, 0.25) is 5.02 Å². The molecule has 0 unspecified atom stereocenters. The third-order valence-electron chi connectivity index (χ3n) is 3.31. The Kier molecular flexibility index (Phi) is 6.27. The summed E-state index contributed by atoms with van der Waals surface area (Å²) in [7, 11) is -3.73. The van der Waals surface area contributed by atoms with Gasteiger partial charge >= 0.3 is 0 Å². The first-order valence-corrected chi connectivity index (χ1v) is 10.3. The number of hydrogen-bond acceptors (Lipinski definition) is 3. The van der Waals surface area contributed by atoms with Gasteiger partial charge in [0, 0.05) is 5.02 Å². The summed E-state index contributed by atoms with van der Waals surface area (Å²) in [6, 6.07) is 14.0. The van der Waals surface area contributed by atoms with E-state index in [0.29, 0.717) is 10.1 Å². The van der Waals surface area contributed by atoms with Crippen molar-refractivity contribution in [3.05, 3.63) is 70.3 Å². The van der Waals surface area contributed by atoms with Crippen molar-refractivity contribution in [2.24, 2.45) is 4.40 Å². The summed E-state index contributed by atoms with van der Waals surface area (Å²) in [6.07, 6.45) is 3.69. The molecule has 2 aromatic carbocycles. The van der Waals surface area contributed by atoms with E-state index in [-0.39, 0.29) is 4.90 Å². The minimum Gasteiger partial charge on any atom is -0.199 e. The van der Waals surface area contributed by atoms with Crippen molar-refractivity contribution >= 4 is 44.5 Å². The van der Waals surface area contributed by atoms with E-state index < -0.39 is 10.0 Å². The number of benzene rings is 2. The van der Waals surface area contributed by atoms with Crippen molar-refractivity contribution in [1.82, 2.24) is 0 Å². The Morgan fingerprint density at radius 1 is 1.08 bits per heavy atom. The van der Waals surface area contributed by atoms with Crippen molar-refractivity contribution < 1.29 is 8.42 Å². The zero-order valence-electron chi connectivity index (χ0n) is 13.7. The third-order valence-corrected chi connectivity index (χ3v) is 5.76. The Balaban J connectivity index is 2.36. The Labute approximate surface area is 152 Å². The van der Waals surface area contributed by atoms with Crippen molar-refractivity contribution in [3.63, 3.8) is 0 Å². The molecule has 2 aromatic rings. The number of nitrogens with zero attached hydrogens (tertiary/aromatic N) is 1. The van der Waals surface area contributed by atoms with Crippen molar-refractivity contribution in [3.8, 4) is 0 Å². The lowest BCUT2D eigenvalue weighted by Gasteiger charge is -2.06. The standard InChI is InChI=1S/C18H18ClNO2S2/c1-13-4-10-17(11-5-13)24(21,22)20-18(23-3)14(2)12-15-6-8-16(19)9-7-15/h4-12H,1-3H3/b14-12+,20-18-. The molecular formula is C18H18ClNO2S2. The minimum atomic E-state index is -3.73. The summed E-state index contributed by atoms with van der Waals surface area (Å²) in [5, 5.41) is 1.12. The van der Waals surface area contributed by atoms with E-state index >= 15 is 0 Å². The number of halogens is 1. The van der Waals surface area contributed by atoms with Gasteiger partial charge in [0.15, 0.2) is 0 Å². The first-order chi connectivity index (χ1) is 11.3. The molecule has 3 nitrogen and oxygen atoms in total. The molecule has 0 atom stereocenters. The van der Waals surface area contributed by atoms with Gasteiger partial charge in [-0.25, -0.2) is 0 Å². The Hall–Kier alpha value is -1.56. The lowest BCUT2D eigenvalue weighted by atomic mass is 10.1. The van der Waals surface area contributed by atoms with Gasteiger partial charge in [-0.1, -0.05) is 41.4 Å². The van der Waals surface area contributed by atoms with E-state index in [2.05, 4.69) is 4.40 Å². The SMILES string of the molecule is CSC(=N\S(=O)(=O)c1ccc(C)cc1)/C(C)=C/c1ccc(Cl)cc1. The fraction of sp³-hybridized carbons (Fsp3) is 0.167. The molecule has 0 bridgehead atoms. The van der Waals surface area contributed by atoms with Crippen LogP contribution in [0.25, 0.3) is 6.08 Å². The van der Waals surface area contributed by atoms with E-state index in [4.69, 9.17) is 11.6 Å². The van der Waals surface area contributed by atoms with Gasteiger partial charge in [-0.2, -0.15) is 12.8 Å². The Morgan fingerprint density at radius 2 is 1.67 bits per heavy atom. The van der Waals surface area contributed by atoms with Crippen LogP contribution in [0.1, 0.15) is 18.1 Å². The molecule has 126 valence electrons. The molecule has 24 heavy (non-hydrogen) atoms. The van der Waals surface area contributed by atoms with Crippen LogP contribution in [-0.2, 0) is 10.0 Å². The van der Waals surface area contributed by atoms with Gasteiger partial charge < -0.3 is 0 Å². The molecule has 0 amide bonds. The third kappa shape index (κ3) is 4.97. The maximum absolute atomic E-state index is 12.5. The van der Waals surface area contributed by atoms with Crippen LogP contribution in [0.4, 0.5) is 0 Å². The number of thioether (sulfide) groups is 1. The van der Waals surface area contributed by atoms with Crippen LogP contribution in [-0.4, -0.2) is 19.7 Å². The Morgan fingerprint density at radius 3 is 2.21 bits per heavy atom. The molecule has 0 fully saturated rings. The van der Waals surface area contributed by atoms with E-state index in [9.17, 15) is 8.42 Å². The smallest absolute Gasteiger partial charge is 0.199 e. The monoisotopic (exact) mass is 379 g/mol. The van der Waals surface area contributed by atoms with Gasteiger partial charge in [-0.3, -0.25) is 0 Å². The number of hydrogen-bond donors (Lipinski definition) is 0. The van der Waals surface area contributed by atoms with Gasteiger partial charge in [0.25, 0.3) is 10.0 Å². The highest BCUT2D eigenvalue weighted by molar-refractivity contribution is 8.14. The summed E-state index contributed by atoms with van der Waals surface area (Å²) in [5.41, 5.74) is 2.72. The van der Waals surface area contributed by atoms with Crippen LogP contribution < -0.4 is 0 Å². The molecule has 0 N–H and O–H groups in total. The molecule has 6 heteroatoms. The molecule has 0 saturated heterocycles. The first-order valence-electron chi connectivity index (χ1n) is 7.22. The summed E-state index contributed by atoms with van der Waals surface area (Å²) < 4.78 is 28.9. The average molecular weight is 380 g/mol. The summed E-state index contributed by atoms with van der Waals surface area (Å²) >= 11 is 7.18. The maximum atomic E-state index is 12.5. The molecule has 0 heterocycles. The number of sulfonamides is 1. The highest BCUT2D eigenvalue weighted by atomic mass is 35.5. The maximum Gasteiger partial charge on any atom is 0.283 e. The van der Waals surface area contributed by atoms with E-state index in [1.165, 1.54) is 11.8 Å². The normalized spacial score (nSPS) is 13.2. The second-order valence-electron chi connectivity index (χ2n) is 5.27. The predicted molar refractivity (Wildman–Crippen MR) is 104 cm³/mol. The number of rotatable bonds is 4. The van der Waals surface area contributed by atoms with Crippen molar-refractivity contribution in [2.45, 2.75) is 18.7 Å². The molecular weight excluding hydrogens is 362 g/mol. The van der Waals surface area contributed by atoms with E-state index in [1.807, 2.05) is 38.3 Å². The van der Waals surface area contributed by atoms with E-state index in [1.54, 1.807) is 36.4 Å². The number of aryl methyl sites for hydroxylation is 1.